The lowest BCUT2D eigenvalue weighted by molar-refractivity contribution is -0.126. The van der Waals surface area contributed by atoms with Gasteiger partial charge in [0.2, 0.25) is 5.91 Å². The van der Waals surface area contributed by atoms with Crippen molar-refractivity contribution in [3.05, 3.63) is 29.3 Å². The van der Waals surface area contributed by atoms with E-state index in [4.69, 9.17) is 16.3 Å². The molecule has 0 spiro atoms. The number of hydrogen-bond donors (Lipinski definition) is 2. The molecule has 2 rings (SSSR count). The first-order valence-electron chi connectivity index (χ1n) is 7.48. The minimum absolute atomic E-state index is 0. The number of ether oxygens (including phenoxy) is 1. The molecule has 1 aliphatic heterocycles. The summed E-state index contributed by atoms with van der Waals surface area (Å²) in [5, 5.41) is 6.98. The molecule has 4 nitrogen and oxygen atoms in total. The lowest BCUT2D eigenvalue weighted by Crippen LogP contribution is -2.44. The molecule has 0 bridgehead atoms. The average molecular weight is 347 g/mol. The Labute approximate surface area is 143 Å². The molecular formula is C16H24Cl2N2O2. The van der Waals surface area contributed by atoms with Gasteiger partial charge in [-0.15, -0.1) is 12.4 Å². The van der Waals surface area contributed by atoms with Crippen LogP contribution in [-0.4, -0.2) is 31.1 Å². The summed E-state index contributed by atoms with van der Waals surface area (Å²) in [5.41, 5.74) is 0. The molecule has 0 aromatic heterocycles. The Morgan fingerprint density at radius 1 is 1.55 bits per heavy atom. The number of rotatable bonds is 5. The zero-order valence-electron chi connectivity index (χ0n) is 13.0. The quantitative estimate of drug-likeness (QED) is 0.861. The maximum Gasteiger partial charge on any atom is 0.223 e. The van der Waals surface area contributed by atoms with E-state index in [9.17, 15) is 4.79 Å². The summed E-state index contributed by atoms with van der Waals surface area (Å²) in [6.07, 6.45) is 1.71. The van der Waals surface area contributed by atoms with Crippen LogP contribution in [0.5, 0.6) is 5.75 Å². The van der Waals surface area contributed by atoms with Crippen molar-refractivity contribution in [3.63, 3.8) is 0 Å². The molecule has 124 valence electrons. The van der Waals surface area contributed by atoms with Crippen LogP contribution in [0, 0.1) is 5.92 Å². The van der Waals surface area contributed by atoms with E-state index in [1.54, 1.807) is 12.1 Å². The van der Waals surface area contributed by atoms with Crippen molar-refractivity contribution in [2.45, 2.75) is 38.8 Å². The van der Waals surface area contributed by atoms with Crippen LogP contribution in [-0.2, 0) is 4.79 Å². The van der Waals surface area contributed by atoms with Crippen LogP contribution in [0.3, 0.4) is 0 Å². The lowest BCUT2D eigenvalue weighted by Gasteiger charge is -2.27. The molecule has 1 amide bonds. The van der Waals surface area contributed by atoms with Crippen molar-refractivity contribution in [1.82, 2.24) is 10.6 Å². The standard InChI is InChI=1S/C16H23ClN2O2.ClH/c1-11-8-13(6-7-18-11)16(20)19-10-12(2)21-15-5-3-4-14(17)9-15;/h3-5,9,11-13,18H,6-8,10H2,1-2H3,(H,19,20);1H/t11-,12?,13-;/m0./s1. The van der Waals surface area contributed by atoms with Crippen molar-refractivity contribution in [1.29, 1.82) is 0 Å². The highest BCUT2D eigenvalue weighted by atomic mass is 35.5. The van der Waals surface area contributed by atoms with Gasteiger partial charge in [0.1, 0.15) is 11.9 Å². The van der Waals surface area contributed by atoms with E-state index >= 15 is 0 Å². The molecule has 1 aromatic rings. The maximum absolute atomic E-state index is 12.1. The number of carbonyl (C=O) groups excluding carboxylic acids is 1. The van der Waals surface area contributed by atoms with E-state index < -0.39 is 0 Å². The van der Waals surface area contributed by atoms with E-state index in [1.807, 2.05) is 19.1 Å². The van der Waals surface area contributed by atoms with Crippen LogP contribution in [0.4, 0.5) is 0 Å². The highest BCUT2D eigenvalue weighted by Gasteiger charge is 2.24. The Hall–Kier alpha value is -0.970. The third kappa shape index (κ3) is 6.03. The van der Waals surface area contributed by atoms with Gasteiger partial charge in [0, 0.05) is 17.0 Å². The van der Waals surface area contributed by atoms with Crippen LogP contribution in [0.1, 0.15) is 26.7 Å². The van der Waals surface area contributed by atoms with E-state index in [0.717, 1.165) is 25.1 Å². The molecule has 6 heteroatoms. The first-order valence-corrected chi connectivity index (χ1v) is 7.85. The average Bonchev–Trinajstić information content (AvgIpc) is 2.45. The Morgan fingerprint density at radius 3 is 3.00 bits per heavy atom. The predicted octanol–water partition coefficient (Wildman–Crippen LogP) is 3.03. The van der Waals surface area contributed by atoms with E-state index in [2.05, 4.69) is 17.6 Å². The van der Waals surface area contributed by atoms with Gasteiger partial charge in [-0.1, -0.05) is 17.7 Å². The molecule has 3 atom stereocenters. The van der Waals surface area contributed by atoms with Gasteiger partial charge in [-0.3, -0.25) is 4.79 Å². The number of nitrogens with one attached hydrogen (secondary N) is 2. The monoisotopic (exact) mass is 346 g/mol. The largest absolute Gasteiger partial charge is 0.489 e. The molecule has 1 saturated heterocycles. The molecule has 2 N–H and O–H groups in total. The van der Waals surface area contributed by atoms with Crippen molar-refractivity contribution < 1.29 is 9.53 Å². The Morgan fingerprint density at radius 2 is 2.32 bits per heavy atom. The zero-order valence-corrected chi connectivity index (χ0v) is 14.5. The molecule has 1 heterocycles. The fraction of sp³-hybridized carbons (Fsp3) is 0.562. The second kappa shape index (κ2) is 9.23. The zero-order chi connectivity index (χ0) is 15.2. The topological polar surface area (TPSA) is 50.4 Å². The van der Waals surface area contributed by atoms with Gasteiger partial charge in [-0.2, -0.15) is 0 Å². The van der Waals surface area contributed by atoms with Gasteiger partial charge in [0.15, 0.2) is 0 Å². The molecule has 1 fully saturated rings. The van der Waals surface area contributed by atoms with Gasteiger partial charge in [0.25, 0.3) is 0 Å². The Bertz CT molecular complexity index is 485. The number of benzene rings is 1. The van der Waals surface area contributed by atoms with E-state index in [1.165, 1.54) is 0 Å². The normalized spacial score (nSPS) is 22.3. The SMILES string of the molecule is CC(CNC(=O)[C@H]1CCN[C@@H](C)C1)Oc1cccc(Cl)c1.Cl. The number of carbonyl (C=O) groups is 1. The highest BCUT2D eigenvalue weighted by Crippen LogP contribution is 2.18. The smallest absolute Gasteiger partial charge is 0.223 e. The number of amides is 1. The van der Waals surface area contributed by atoms with Crippen molar-refractivity contribution in [2.75, 3.05) is 13.1 Å². The van der Waals surface area contributed by atoms with Crippen molar-refractivity contribution >= 4 is 29.9 Å². The van der Waals surface area contributed by atoms with Gasteiger partial charge in [0.05, 0.1) is 6.54 Å². The fourth-order valence-corrected chi connectivity index (χ4v) is 2.75. The summed E-state index contributed by atoms with van der Waals surface area (Å²) in [6.45, 7) is 5.47. The van der Waals surface area contributed by atoms with Gasteiger partial charge in [-0.05, 0) is 51.4 Å². The molecule has 1 aliphatic rings. The van der Waals surface area contributed by atoms with Gasteiger partial charge < -0.3 is 15.4 Å². The van der Waals surface area contributed by atoms with Crippen molar-refractivity contribution in [2.24, 2.45) is 5.92 Å². The van der Waals surface area contributed by atoms with Crippen molar-refractivity contribution in [3.8, 4) is 5.75 Å². The van der Waals surface area contributed by atoms with E-state index in [-0.39, 0.29) is 30.3 Å². The fourth-order valence-electron chi connectivity index (χ4n) is 2.57. The molecule has 0 radical (unpaired) electrons. The van der Waals surface area contributed by atoms with Crippen LogP contribution >= 0.6 is 24.0 Å². The van der Waals surface area contributed by atoms with Crippen LogP contribution < -0.4 is 15.4 Å². The van der Waals surface area contributed by atoms with Gasteiger partial charge >= 0.3 is 0 Å². The second-order valence-electron chi connectivity index (χ2n) is 5.71. The number of halogens is 2. The Balaban J connectivity index is 0.00000242. The second-order valence-corrected chi connectivity index (χ2v) is 6.14. The summed E-state index contributed by atoms with van der Waals surface area (Å²) in [6, 6.07) is 7.70. The molecule has 0 saturated carbocycles. The van der Waals surface area contributed by atoms with Crippen LogP contribution in [0.2, 0.25) is 5.02 Å². The molecule has 0 aliphatic carbocycles. The molecule has 1 aromatic carbocycles. The summed E-state index contributed by atoms with van der Waals surface area (Å²) < 4.78 is 5.74. The summed E-state index contributed by atoms with van der Waals surface area (Å²) >= 11 is 5.92. The predicted molar refractivity (Wildman–Crippen MR) is 92.0 cm³/mol. The summed E-state index contributed by atoms with van der Waals surface area (Å²) in [5.74, 6) is 0.962. The van der Waals surface area contributed by atoms with Crippen LogP contribution in [0.25, 0.3) is 0 Å². The summed E-state index contributed by atoms with van der Waals surface area (Å²) in [4.78, 5) is 12.1. The third-order valence-electron chi connectivity index (χ3n) is 3.69. The van der Waals surface area contributed by atoms with E-state index in [0.29, 0.717) is 17.6 Å². The Kier molecular flexibility index (Phi) is 8.01. The first-order chi connectivity index (χ1) is 10.0. The maximum atomic E-state index is 12.1. The molecule has 1 unspecified atom stereocenters. The molecular weight excluding hydrogens is 323 g/mol. The number of piperidine rings is 1. The minimum atomic E-state index is -0.0912. The molecule has 22 heavy (non-hydrogen) atoms. The summed E-state index contributed by atoms with van der Waals surface area (Å²) in [7, 11) is 0. The minimum Gasteiger partial charge on any atom is -0.489 e. The third-order valence-corrected chi connectivity index (χ3v) is 3.93. The van der Waals surface area contributed by atoms with Crippen LogP contribution in [0.15, 0.2) is 24.3 Å². The first kappa shape index (κ1) is 19.1. The highest BCUT2D eigenvalue weighted by molar-refractivity contribution is 6.30. The lowest BCUT2D eigenvalue weighted by atomic mass is 9.92. The number of hydrogen-bond acceptors (Lipinski definition) is 3. The van der Waals surface area contributed by atoms with Gasteiger partial charge in [-0.25, -0.2) is 0 Å².